The molecule has 1 saturated carbocycles. The third-order valence-electron chi connectivity index (χ3n) is 6.99. The van der Waals surface area contributed by atoms with Crippen molar-refractivity contribution >= 4 is 22.2 Å². The van der Waals surface area contributed by atoms with Crippen LogP contribution >= 0.6 is 11.3 Å². The molecule has 2 aliphatic rings. The van der Waals surface area contributed by atoms with Crippen molar-refractivity contribution in [3.63, 3.8) is 0 Å². The number of anilines is 1. The van der Waals surface area contributed by atoms with Crippen molar-refractivity contribution in [1.29, 1.82) is 5.26 Å². The Balaban J connectivity index is 1.49. The Morgan fingerprint density at radius 1 is 1.32 bits per heavy atom. The molecule has 0 spiro atoms. The fraction of sp³-hybridized carbons (Fsp3) is 0.500. The van der Waals surface area contributed by atoms with E-state index >= 15 is 0 Å². The van der Waals surface area contributed by atoms with Gasteiger partial charge in [0.2, 0.25) is 5.91 Å². The van der Waals surface area contributed by atoms with Crippen LogP contribution in [0, 0.1) is 28.6 Å². The van der Waals surface area contributed by atoms with Gasteiger partial charge in [0.25, 0.3) is 0 Å². The van der Waals surface area contributed by atoms with Crippen LogP contribution in [0.1, 0.15) is 67.5 Å². The number of nitriles is 1. The quantitative estimate of drug-likeness (QED) is 0.688. The number of carbonyl (C=O) groups excluding carboxylic acids is 1. The molecule has 146 valence electrons. The lowest BCUT2D eigenvalue weighted by molar-refractivity contribution is -0.117. The molecule has 1 fully saturated rings. The van der Waals surface area contributed by atoms with Gasteiger partial charge in [-0.05, 0) is 54.1 Å². The van der Waals surface area contributed by atoms with Gasteiger partial charge in [0.1, 0.15) is 11.1 Å². The molecule has 2 aromatic rings. The Bertz CT molecular complexity index is 922. The van der Waals surface area contributed by atoms with Crippen LogP contribution in [0.4, 0.5) is 5.00 Å². The number of nitrogens with one attached hydrogen (secondary N) is 1. The second-order valence-electron chi connectivity index (χ2n) is 8.95. The summed E-state index contributed by atoms with van der Waals surface area (Å²) in [6, 6.07) is 12.6. The van der Waals surface area contributed by atoms with Crippen molar-refractivity contribution in [2.24, 2.45) is 17.3 Å². The molecule has 1 aromatic heterocycles. The van der Waals surface area contributed by atoms with E-state index in [0.29, 0.717) is 22.8 Å². The molecule has 4 rings (SSSR count). The first-order valence-electron chi connectivity index (χ1n) is 10.3. The maximum atomic E-state index is 12.8. The number of thiophene rings is 1. The highest BCUT2D eigenvalue weighted by molar-refractivity contribution is 7.16. The monoisotopic (exact) mass is 392 g/mol. The van der Waals surface area contributed by atoms with Crippen molar-refractivity contribution in [2.45, 2.75) is 58.8 Å². The van der Waals surface area contributed by atoms with E-state index < -0.39 is 0 Å². The largest absolute Gasteiger partial charge is 0.316 e. The summed E-state index contributed by atoms with van der Waals surface area (Å²) in [5.74, 6) is 1.05. The van der Waals surface area contributed by atoms with Crippen LogP contribution in [0.5, 0.6) is 0 Å². The SMILES string of the molecule is CCC(C)(C)[C@@H]1CCc2c(sc(NC(=O)[C@@H]3C[C@@H]3c3ccccc3)c2C#N)C1. The van der Waals surface area contributed by atoms with E-state index in [1.807, 2.05) is 18.2 Å². The summed E-state index contributed by atoms with van der Waals surface area (Å²) >= 11 is 1.63. The Kier molecular flexibility index (Phi) is 5.05. The summed E-state index contributed by atoms with van der Waals surface area (Å²) in [5.41, 5.74) is 3.44. The molecule has 3 atom stereocenters. The predicted octanol–water partition coefficient (Wildman–Crippen LogP) is 5.90. The summed E-state index contributed by atoms with van der Waals surface area (Å²) in [6.45, 7) is 6.96. The van der Waals surface area contributed by atoms with Crippen molar-refractivity contribution in [3.05, 3.63) is 51.9 Å². The first-order chi connectivity index (χ1) is 13.4. The van der Waals surface area contributed by atoms with E-state index in [-0.39, 0.29) is 11.8 Å². The van der Waals surface area contributed by atoms with E-state index in [2.05, 4.69) is 44.3 Å². The summed E-state index contributed by atoms with van der Waals surface area (Å²) in [4.78, 5) is 14.1. The lowest BCUT2D eigenvalue weighted by Gasteiger charge is -2.36. The number of hydrogen-bond acceptors (Lipinski definition) is 3. The smallest absolute Gasteiger partial charge is 0.228 e. The zero-order valence-electron chi connectivity index (χ0n) is 16.9. The standard InChI is InChI=1S/C24H28N2OS/c1-4-24(2,3)16-10-11-17-20(14-25)23(28-21(17)12-16)26-22(27)19-13-18(19)15-8-6-5-7-9-15/h5-9,16,18-19H,4,10-13H2,1-3H3,(H,26,27)/t16-,18-,19-/m1/s1. The maximum Gasteiger partial charge on any atom is 0.228 e. The van der Waals surface area contributed by atoms with E-state index in [1.165, 1.54) is 16.0 Å². The molecule has 1 N–H and O–H groups in total. The van der Waals surface area contributed by atoms with Crippen LogP contribution in [0.3, 0.4) is 0 Å². The van der Waals surface area contributed by atoms with Gasteiger partial charge in [-0.15, -0.1) is 11.3 Å². The lowest BCUT2D eigenvalue weighted by Crippen LogP contribution is -2.28. The number of fused-ring (bicyclic) bond motifs is 1. The fourth-order valence-electron chi connectivity index (χ4n) is 4.51. The number of amides is 1. The third-order valence-corrected chi connectivity index (χ3v) is 8.15. The van der Waals surface area contributed by atoms with Gasteiger partial charge < -0.3 is 5.32 Å². The van der Waals surface area contributed by atoms with Gasteiger partial charge in [0.05, 0.1) is 5.56 Å². The minimum atomic E-state index is 0.0276. The van der Waals surface area contributed by atoms with Crippen LogP contribution in [0.15, 0.2) is 30.3 Å². The van der Waals surface area contributed by atoms with Crippen LogP contribution in [-0.2, 0) is 17.6 Å². The summed E-state index contributed by atoms with van der Waals surface area (Å²) in [5, 5.41) is 13.6. The van der Waals surface area contributed by atoms with Crippen LogP contribution in [-0.4, -0.2) is 5.91 Å². The van der Waals surface area contributed by atoms with Gasteiger partial charge in [-0.3, -0.25) is 4.79 Å². The summed E-state index contributed by atoms with van der Waals surface area (Å²) in [7, 11) is 0. The van der Waals surface area contributed by atoms with E-state index in [4.69, 9.17) is 0 Å². The van der Waals surface area contributed by atoms with E-state index in [0.717, 1.165) is 37.1 Å². The van der Waals surface area contributed by atoms with E-state index in [1.54, 1.807) is 11.3 Å². The zero-order chi connectivity index (χ0) is 19.9. The Hall–Kier alpha value is -2.12. The van der Waals surface area contributed by atoms with Gasteiger partial charge >= 0.3 is 0 Å². The molecule has 0 radical (unpaired) electrons. The zero-order valence-corrected chi connectivity index (χ0v) is 17.7. The van der Waals surface area contributed by atoms with Gasteiger partial charge in [-0.25, -0.2) is 0 Å². The molecule has 1 heterocycles. The van der Waals surface area contributed by atoms with Crippen molar-refractivity contribution in [3.8, 4) is 6.07 Å². The second-order valence-corrected chi connectivity index (χ2v) is 10.1. The summed E-state index contributed by atoms with van der Waals surface area (Å²) in [6.07, 6.45) is 5.17. The molecule has 28 heavy (non-hydrogen) atoms. The molecule has 0 saturated heterocycles. The number of carbonyl (C=O) groups is 1. The highest BCUT2D eigenvalue weighted by atomic mass is 32.1. The molecule has 3 nitrogen and oxygen atoms in total. The van der Waals surface area contributed by atoms with Crippen molar-refractivity contribution in [2.75, 3.05) is 5.32 Å². The minimum absolute atomic E-state index is 0.0276. The topological polar surface area (TPSA) is 52.9 Å². The number of hydrogen-bond donors (Lipinski definition) is 1. The first kappa shape index (κ1) is 19.2. The van der Waals surface area contributed by atoms with Crippen molar-refractivity contribution < 1.29 is 4.79 Å². The van der Waals surface area contributed by atoms with Gasteiger partial charge in [-0.1, -0.05) is 57.5 Å². The van der Waals surface area contributed by atoms with Gasteiger partial charge in [0, 0.05) is 10.8 Å². The molecular formula is C24H28N2OS. The highest BCUT2D eigenvalue weighted by Gasteiger charge is 2.44. The third kappa shape index (κ3) is 3.49. The lowest BCUT2D eigenvalue weighted by atomic mass is 9.69. The highest BCUT2D eigenvalue weighted by Crippen LogP contribution is 2.49. The normalized spacial score (nSPS) is 23.6. The van der Waals surface area contributed by atoms with Gasteiger partial charge in [0.15, 0.2) is 0 Å². The van der Waals surface area contributed by atoms with Gasteiger partial charge in [-0.2, -0.15) is 5.26 Å². The van der Waals surface area contributed by atoms with Crippen molar-refractivity contribution in [1.82, 2.24) is 0 Å². The number of nitrogens with zero attached hydrogens (tertiary/aromatic N) is 1. The molecule has 2 aliphatic carbocycles. The second kappa shape index (κ2) is 7.37. The average Bonchev–Trinajstić information content (AvgIpc) is 3.44. The Morgan fingerprint density at radius 2 is 2.07 bits per heavy atom. The van der Waals surface area contributed by atoms with Crippen LogP contribution in [0.2, 0.25) is 0 Å². The first-order valence-corrected chi connectivity index (χ1v) is 11.2. The minimum Gasteiger partial charge on any atom is -0.316 e. The molecule has 0 bridgehead atoms. The molecule has 1 aromatic carbocycles. The number of rotatable bonds is 5. The fourth-order valence-corrected chi connectivity index (χ4v) is 5.79. The molecule has 0 unspecified atom stereocenters. The number of benzene rings is 1. The van der Waals surface area contributed by atoms with Crippen LogP contribution < -0.4 is 5.32 Å². The Labute approximate surface area is 171 Å². The van der Waals surface area contributed by atoms with E-state index in [9.17, 15) is 10.1 Å². The maximum absolute atomic E-state index is 12.8. The average molecular weight is 393 g/mol. The molecule has 0 aliphatic heterocycles. The Morgan fingerprint density at radius 3 is 2.75 bits per heavy atom. The molecule has 1 amide bonds. The molecule has 4 heteroatoms. The summed E-state index contributed by atoms with van der Waals surface area (Å²) < 4.78 is 0. The van der Waals surface area contributed by atoms with Crippen LogP contribution in [0.25, 0.3) is 0 Å². The predicted molar refractivity (Wildman–Crippen MR) is 115 cm³/mol. The molecular weight excluding hydrogens is 364 g/mol.